The minimum absolute atomic E-state index is 0.110. The number of rotatable bonds is 6. The summed E-state index contributed by atoms with van der Waals surface area (Å²) >= 11 is 0. The molecule has 1 aliphatic heterocycles. The highest BCUT2D eigenvalue weighted by Gasteiger charge is 2.27. The van der Waals surface area contributed by atoms with Gasteiger partial charge in [-0.05, 0) is 18.2 Å². The van der Waals surface area contributed by atoms with Crippen LogP contribution in [0, 0.1) is 0 Å². The Morgan fingerprint density at radius 2 is 1.76 bits per heavy atom. The van der Waals surface area contributed by atoms with Gasteiger partial charge in [0.25, 0.3) is 5.91 Å². The zero-order valence-corrected chi connectivity index (χ0v) is 15.1. The first-order valence-electron chi connectivity index (χ1n) is 8.00. The van der Waals surface area contributed by atoms with Crippen molar-refractivity contribution in [3.8, 4) is 11.5 Å². The van der Waals surface area contributed by atoms with Crippen LogP contribution in [-0.2, 0) is 9.53 Å². The second kappa shape index (κ2) is 8.53. The summed E-state index contributed by atoms with van der Waals surface area (Å²) in [7, 11) is 6.57. The van der Waals surface area contributed by atoms with Gasteiger partial charge in [-0.2, -0.15) is 0 Å². The fraction of sp³-hybridized carbons (Fsp3) is 0.444. The number of hydrogen-bond acceptors (Lipinski definition) is 6. The average Bonchev–Trinajstić information content (AvgIpc) is 2.65. The van der Waals surface area contributed by atoms with Crippen LogP contribution in [-0.4, -0.2) is 76.1 Å². The van der Waals surface area contributed by atoms with Crippen molar-refractivity contribution in [1.29, 1.82) is 0 Å². The van der Waals surface area contributed by atoms with Crippen LogP contribution in [0.25, 0.3) is 0 Å². The van der Waals surface area contributed by atoms with Crippen LogP contribution in [0.15, 0.2) is 30.0 Å². The predicted octanol–water partition coefficient (Wildman–Crippen LogP) is 1.19. The van der Waals surface area contributed by atoms with Gasteiger partial charge in [0.1, 0.15) is 5.57 Å². The summed E-state index contributed by atoms with van der Waals surface area (Å²) in [4.78, 5) is 29.1. The molecule has 1 saturated heterocycles. The number of Topliss-reactive ketones (excluding diaryl/α,β-unsaturated/α-hetero) is 1. The van der Waals surface area contributed by atoms with Gasteiger partial charge >= 0.3 is 0 Å². The lowest BCUT2D eigenvalue weighted by Crippen LogP contribution is -2.42. The summed E-state index contributed by atoms with van der Waals surface area (Å²) in [5.74, 6) is 0.316. The fourth-order valence-corrected chi connectivity index (χ4v) is 2.54. The molecule has 1 fully saturated rings. The van der Waals surface area contributed by atoms with Crippen LogP contribution < -0.4 is 9.47 Å². The fourth-order valence-electron chi connectivity index (χ4n) is 2.54. The highest BCUT2D eigenvalue weighted by atomic mass is 16.5. The monoisotopic (exact) mass is 348 g/mol. The Labute approximate surface area is 147 Å². The number of ketones is 1. The van der Waals surface area contributed by atoms with Crippen molar-refractivity contribution < 1.29 is 23.8 Å². The summed E-state index contributed by atoms with van der Waals surface area (Å²) in [6, 6.07) is 4.86. The van der Waals surface area contributed by atoms with Gasteiger partial charge in [0.2, 0.25) is 0 Å². The second-order valence-electron chi connectivity index (χ2n) is 5.81. The van der Waals surface area contributed by atoms with Gasteiger partial charge < -0.3 is 24.0 Å². The molecule has 0 N–H and O–H groups in total. The van der Waals surface area contributed by atoms with E-state index in [1.165, 1.54) is 14.2 Å². The quantitative estimate of drug-likeness (QED) is 0.333. The molecule has 0 aliphatic carbocycles. The maximum atomic E-state index is 13.0. The van der Waals surface area contributed by atoms with Gasteiger partial charge in [-0.15, -0.1) is 0 Å². The third-order valence-electron chi connectivity index (χ3n) is 3.81. The molecule has 1 aromatic carbocycles. The normalized spacial score (nSPS) is 14.9. The van der Waals surface area contributed by atoms with Crippen molar-refractivity contribution >= 4 is 11.7 Å². The van der Waals surface area contributed by atoms with Crippen molar-refractivity contribution in [1.82, 2.24) is 9.80 Å². The highest BCUT2D eigenvalue weighted by Crippen LogP contribution is 2.28. The third kappa shape index (κ3) is 4.51. The lowest BCUT2D eigenvalue weighted by atomic mass is 10.0. The molecule has 1 aliphatic rings. The first-order valence-corrected chi connectivity index (χ1v) is 8.00. The SMILES string of the molecule is COc1ccc(C(=O)C(=CN(C)C)C(=O)N2CCOCC2)cc1OC. The van der Waals surface area contributed by atoms with Crippen LogP contribution in [0.1, 0.15) is 10.4 Å². The van der Waals surface area contributed by atoms with E-state index in [0.717, 1.165) is 0 Å². The van der Waals surface area contributed by atoms with Crippen molar-refractivity contribution in [2.75, 3.05) is 54.6 Å². The van der Waals surface area contributed by atoms with Crippen LogP contribution in [0.4, 0.5) is 0 Å². The van der Waals surface area contributed by atoms with Gasteiger partial charge in [-0.3, -0.25) is 9.59 Å². The maximum Gasteiger partial charge on any atom is 0.259 e. The maximum absolute atomic E-state index is 13.0. The van der Waals surface area contributed by atoms with Gasteiger partial charge in [0, 0.05) is 38.9 Å². The standard InChI is InChI=1S/C18H24N2O5/c1-19(2)12-14(18(22)20-7-9-25-10-8-20)17(21)13-5-6-15(23-3)16(11-13)24-4/h5-6,11-12H,7-10H2,1-4H3. The number of benzene rings is 1. The van der Waals surface area contributed by atoms with E-state index in [0.29, 0.717) is 43.4 Å². The molecular formula is C18H24N2O5. The molecular weight excluding hydrogens is 324 g/mol. The molecule has 0 spiro atoms. The zero-order chi connectivity index (χ0) is 18.4. The summed E-state index contributed by atoms with van der Waals surface area (Å²) in [5.41, 5.74) is 0.478. The molecule has 136 valence electrons. The summed E-state index contributed by atoms with van der Waals surface area (Å²) in [6.07, 6.45) is 1.55. The van der Waals surface area contributed by atoms with Gasteiger partial charge in [0.05, 0.1) is 27.4 Å². The first kappa shape index (κ1) is 18.8. The number of amides is 1. The number of hydrogen-bond donors (Lipinski definition) is 0. The number of carbonyl (C=O) groups is 2. The molecule has 7 nitrogen and oxygen atoms in total. The van der Waals surface area contributed by atoms with E-state index in [1.54, 1.807) is 48.3 Å². The Morgan fingerprint density at radius 1 is 1.12 bits per heavy atom. The number of morpholine rings is 1. The molecule has 0 saturated carbocycles. The Bertz CT molecular complexity index is 663. The van der Waals surface area contributed by atoms with E-state index in [1.807, 2.05) is 0 Å². The molecule has 1 amide bonds. The zero-order valence-electron chi connectivity index (χ0n) is 15.1. The Balaban J connectivity index is 2.34. The number of carbonyl (C=O) groups excluding carboxylic acids is 2. The van der Waals surface area contributed by atoms with Crippen LogP contribution in [0.5, 0.6) is 11.5 Å². The summed E-state index contributed by atoms with van der Waals surface area (Å²) in [6.45, 7) is 1.91. The Kier molecular flexibility index (Phi) is 6.41. The average molecular weight is 348 g/mol. The minimum Gasteiger partial charge on any atom is -0.493 e. The van der Waals surface area contributed by atoms with Crippen molar-refractivity contribution in [2.24, 2.45) is 0 Å². The van der Waals surface area contributed by atoms with Crippen molar-refractivity contribution in [3.63, 3.8) is 0 Å². The van der Waals surface area contributed by atoms with Gasteiger partial charge in [0.15, 0.2) is 17.3 Å². The molecule has 1 aromatic rings. The van der Waals surface area contributed by atoms with Crippen LogP contribution in [0.2, 0.25) is 0 Å². The topological polar surface area (TPSA) is 68.3 Å². The lowest BCUT2D eigenvalue weighted by molar-refractivity contribution is -0.130. The van der Waals surface area contributed by atoms with E-state index < -0.39 is 0 Å². The molecule has 2 rings (SSSR count). The first-order chi connectivity index (χ1) is 12.0. The van der Waals surface area contributed by atoms with Gasteiger partial charge in [-0.25, -0.2) is 0 Å². The van der Waals surface area contributed by atoms with Crippen LogP contribution >= 0.6 is 0 Å². The minimum atomic E-state index is -0.355. The number of methoxy groups -OCH3 is 2. The van der Waals surface area contributed by atoms with Crippen LogP contribution in [0.3, 0.4) is 0 Å². The third-order valence-corrected chi connectivity index (χ3v) is 3.81. The smallest absolute Gasteiger partial charge is 0.259 e. The lowest BCUT2D eigenvalue weighted by Gasteiger charge is -2.27. The highest BCUT2D eigenvalue weighted by molar-refractivity contribution is 6.25. The van der Waals surface area contributed by atoms with E-state index in [4.69, 9.17) is 14.2 Å². The summed E-state index contributed by atoms with van der Waals surface area (Å²) < 4.78 is 15.7. The summed E-state index contributed by atoms with van der Waals surface area (Å²) in [5, 5.41) is 0. The van der Waals surface area contributed by atoms with E-state index in [-0.39, 0.29) is 17.3 Å². The van der Waals surface area contributed by atoms with Crippen molar-refractivity contribution in [2.45, 2.75) is 0 Å². The Hall–Kier alpha value is -2.54. The molecule has 0 bridgehead atoms. The molecule has 7 heteroatoms. The molecule has 0 unspecified atom stereocenters. The molecule has 25 heavy (non-hydrogen) atoms. The van der Waals surface area contributed by atoms with E-state index >= 15 is 0 Å². The largest absolute Gasteiger partial charge is 0.493 e. The molecule has 0 radical (unpaired) electrons. The predicted molar refractivity (Wildman–Crippen MR) is 93.0 cm³/mol. The van der Waals surface area contributed by atoms with E-state index in [9.17, 15) is 9.59 Å². The Morgan fingerprint density at radius 3 is 2.32 bits per heavy atom. The second-order valence-corrected chi connectivity index (χ2v) is 5.81. The molecule has 0 aromatic heterocycles. The van der Waals surface area contributed by atoms with Crippen molar-refractivity contribution in [3.05, 3.63) is 35.5 Å². The van der Waals surface area contributed by atoms with E-state index in [2.05, 4.69) is 0 Å². The number of nitrogens with zero attached hydrogens (tertiary/aromatic N) is 2. The molecule has 0 atom stereocenters. The molecule has 1 heterocycles. The number of ether oxygens (including phenoxy) is 3. The van der Waals surface area contributed by atoms with Gasteiger partial charge in [-0.1, -0.05) is 0 Å².